The molecule has 0 radical (unpaired) electrons. The van der Waals surface area contributed by atoms with Crippen LogP contribution in [0.25, 0.3) is 0 Å². The van der Waals surface area contributed by atoms with Crippen LogP contribution in [0, 0.1) is 0 Å². The fraction of sp³-hybridized carbons (Fsp3) is 0.500. The van der Waals surface area contributed by atoms with E-state index in [1.807, 2.05) is 0 Å². The molecular formula is C6AgF9O6. The van der Waals surface area contributed by atoms with Crippen molar-refractivity contribution in [1.82, 2.24) is 0 Å². The summed E-state index contributed by atoms with van der Waals surface area (Å²) < 4.78 is 94.6. The Labute approximate surface area is 129 Å². The Kier molecular flexibility index (Phi) is 13.4. The Bertz CT molecular complexity index is 313. The van der Waals surface area contributed by atoms with Crippen molar-refractivity contribution in [2.45, 2.75) is 18.5 Å². The van der Waals surface area contributed by atoms with Crippen molar-refractivity contribution in [2.75, 3.05) is 0 Å². The number of carboxylic acids is 3. The maximum absolute atomic E-state index is 10.5. The summed E-state index contributed by atoms with van der Waals surface area (Å²) in [4.78, 5) is 26.4. The zero-order valence-electron chi connectivity index (χ0n) is 9.15. The topological polar surface area (TPSA) is 120 Å². The van der Waals surface area contributed by atoms with Crippen LogP contribution < -0.4 is 15.3 Å². The molecule has 0 unspecified atom stereocenters. The largest absolute Gasteiger partial charge is 3.00 e. The average molecular weight is 447 g/mol. The van der Waals surface area contributed by atoms with Crippen LogP contribution in [0.1, 0.15) is 0 Å². The molecule has 0 saturated heterocycles. The van der Waals surface area contributed by atoms with Crippen LogP contribution in [0.2, 0.25) is 0 Å². The van der Waals surface area contributed by atoms with Crippen LogP contribution in [0.5, 0.6) is 0 Å². The van der Waals surface area contributed by atoms with Gasteiger partial charge in [-0.15, -0.1) is 0 Å². The van der Waals surface area contributed by atoms with Gasteiger partial charge in [0, 0.05) is 0 Å². The van der Waals surface area contributed by atoms with Crippen molar-refractivity contribution >= 4 is 17.9 Å². The molecule has 0 aliphatic carbocycles. The molecule has 0 rings (SSSR count). The molecule has 0 N–H and O–H groups in total. The fourth-order valence-corrected chi connectivity index (χ4v) is 0. The normalized spacial score (nSPS) is 10.8. The van der Waals surface area contributed by atoms with E-state index >= 15 is 0 Å². The standard InChI is InChI=1S/3C2HF3O2.Ag/c3*3-2(4,5)1(6)7;/h3*(H,6,7);/q;;;+3/p-3. The van der Waals surface area contributed by atoms with E-state index in [1.165, 1.54) is 0 Å². The zero-order valence-corrected chi connectivity index (χ0v) is 10.6. The summed E-state index contributed by atoms with van der Waals surface area (Å²) >= 11 is 0. The number of hydrogen-bond acceptors (Lipinski definition) is 6. The van der Waals surface area contributed by atoms with Crippen molar-refractivity contribution in [3.63, 3.8) is 0 Å². The second-order valence-electron chi connectivity index (χ2n) is 2.36. The van der Waals surface area contributed by atoms with Crippen LogP contribution in [-0.2, 0) is 36.8 Å². The third-order valence-electron chi connectivity index (χ3n) is 0.694. The number of carboxylic acid groups (broad SMARTS) is 3. The van der Waals surface area contributed by atoms with E-state index in [1.54, 1.807) is 0 Å². The Balaban J connectivity index is -0.000000108. The van der Waals surface area contributed by atoms with Gasteiger partial charge in [0.05, 0.1) is 0 Å². The van der Waals surface area contributed by atoms with Gasteiger partial charge in [0.1, 0.15) is 17.9 Å². The first-order chi connectivity index (χ1) is 8.83. The number of alkyl halides is 9. The Morgan fingerprint density at radius 2 is 0.545 bits per heavy atom. The quantitative estimate of drug-likeness (QED) is 0.310. The maximum atomic E-state index is 10.5. The molecule has 0 spiro atoms. The van der Waals surface area contributed by atoms with Gasteiger partial charge in [-0.3, -0.25) is 0 Å². The molecule has 22 heavy (non-hydrogen) atoms. The number of rotatable bonds is 0. The van der Waals surface area contributed by atoms with Gasteiger partial charge in [0.25, 0.3) is 0 Å². The molecule has 0 aliphatic rings. The molecule has 0 aromatic heterocycles. The molecule has 0 bridgehead atoms. The molecule has 0 atom stereocenters. The second-order valence-corrected chi connectivity index (χ2v) is 2.36. The van der Waals surface area contributed by atoms with E-state index in [0.29, 0.717) is 0 Å². The first-order valence-corrected chi connectivity index (χ1v) is 3.68. The number of hydrogen-bond donors (Lipinski definition) is 0. The van der Waals surface area contributed by atoms with E-state index in [4.69, 9.17) is 29.7 Å². The van der Waals surface area contributed by atoms with Gasteiger partial charge in [-0.1, -0.05) is 0 Å². The zero-order chi connectivity index (χ0) is 18.2. The van der Waals surface area contributed by atoms with Gasteiger partial charge >= 0.3 is 40.9 Å². The monoisotopic (exact) mass is 446 g/mol. The van der Waals surface area contributed by atoms with Gasteiger partial charge in [0.2, 0.25) is 0 Å². The minimum atomic E-state index is -5.19. The summed E-state index contributed by atoms with van der Waals surface area (Å²) in [6.07, 6.45) is -15.6. The van der Waals surface area contributed by atoms with Crippen molar-refractivity contribution in [2.24, 2.45) is 0 Å². The minimum Gasteiger partial charge on any atom is -0.542 e. The van der Waals surface area contributed by atoms with Gasteiger partial charge in [-0.05, 0) is 0 Å². The fourth-order valence-electron chi connectivity index (χ4n) is 0. The predicted molar refractivity (Wildman–Crippen MR) is 33.2 cm³/mol. The molecule has 0 aromatic rings. The molecule has 0 aliphatic heterocycles. The molecule has 0 saturated carbocycles. The third kappa shape index (κ3) is 20.8. The molecular weight excluding hydrogens is 447 g/mol. The summed E-state index contributed by atoms with van der Waals surface area (Å²) in [5, 5.41) is 26.4. The summed E-state index contributed by atoms with van der Waals surface area (Å²) in [5.74, 6) is -9.02. The second kappa shape index (κ2) is 10.3. The first-order valence-electron chi connectivity index (χ1n) is 3.68. The summed E-state index contributed by atoms with van der Waals surface area (Å²) in [7, 11) is 0. The smallest absolute Gasteiger partial charge is 0.542 e. The van der Waals surface area contributed by atoms with E-state index in [2.05, 4.69) is 0 Å². The summed E-state index contributed by atoms with van der Waals surface area (Å²) in [6.45, 7) is 0. The predicted octanol–water partition coefficient (Wildman–Crippen LogP) is -2.11. The van der Waals surface area contributed by atoms with Crippen molar-refractivity contribution in [3.05, 3.63) is 0 Å². The Hall–Kier alpha value is -1.48. The third-order valence-corrected chi connectivity index (χ3v) is 0.694. The van der Waals surface area contributed by atoms with Gasteiger partial charge in [-0.25, -0.2) is 0 Å². The van der Waals surface area contributed by atoms with E-state index < -0.39 is 36.4 Å². The first kappa shape index (κ1) is 28.6. The van der Waals surface area contributed by atoms with Crippen LogP contribution in [-0.4, -0.2) is 36.4 Å². The van der Waals surface area contributed by atoms with E-state index in [-0.39, 0.29) is 22.4 Å². The molecule has 134 valence electrons. The molecule has 16 heteroatoms. The van der Waals surface area contributed by atoms with Crippen LogP contribution >= 0.6 is 0 Å². The SMILES string of the molecule is O=C([O-])C(F)(F)F.O=C([O-])C(F)(F)F.O=C([O-])C(F)(F)F.[Ag+3]. The van der Waals surface area contributed by atoms with Gasteiger partial charge in [-0.2, -0.15) is 39.5 Å². The van der Waals surface area contributed by atoms with Gasteiger partial charge in [0.15, 0.2) is 0 Å². The van der Waals surface area contributed by atoms with Crippen LogP contribution in [0.4, 0.5) is 39.5 Å². The van der Waals surface area contributed by atoms with Crippen molar-refractivity contribution in [1.29, 1.82) is 0 Å². The summed E-state index contributed by atoms with van der Waals surface area (Å²) in [6, 6.07) is 0. The number of aliphatic carboxylic acids is 3. The van der Waals surface area contributed by atoms with Crippen molar-refractivity contribution < 1.29 is 91.6 Å². The van der Waals surface area contributed by atoms with E-state index in [0.717, 1.165) is 0 Å². The van der Waals surface area contributed by atoms with Crippen LogP contribution in [0.3, 0.4) is 0 Å². The Morgan fingerprint density at radius 3 is 0.545 bits per heavy atom. The molecule has 0 amide bonds. The maximum Gasteiger partial charge on any atom is 3.00 e. The van der Waals surface area contributed by atoms with Crippen LogP contribution in [0.15, 0.2) is 0 Å². The minimum absolute atomic E-state index is 0. The molecule has 0 aromatic carbocycles. The average Bonchev–Trinajstić information content (AvgIpc) is 2.14. The van der Waals surface area contributed by atoms with E-state index in [9.17, 15) is 39.5 Å². The molecule has 0 fully saturated rings. The number of carbonyl (C=O) groups is 3. The Morgan fingerprint density at radius 1 is 0.500 bits per heavy atom. The number of halogens is 9. The number of carbonyl (C=O) groups excluding carboxylic acids is 3. The van der Waals surface area contributed by atoms with Crippen molar-refractivity contribution in [3.8, 4) is 0 Å². The summed E-state index contributed by atoms with van der Waals surface area (Å²) in [5.41, 5.74) is 0. The molecule has 6 nitrogen and oxygen atoms in total. The van der Waals surface area contributed by atoms with Gasteiger partial charge < -0.3 is 29.7 Å². The molecule has 0 heterocycles.